The van der Waals surface area contributed by atoms with Gasteiger partial charge in [-0.15, -0.1) is 0 Å². The molecule has 0 atom stereocenters. The van der Waals surface area contributed by atoms with Crippen molar-refractivity contribution in [2.45, 2.75) is 59.7 Å². The molecular formula is C16H25NO2. The Morgan fingerprint density at radius 3 is 2.11 bits per heavy atom. The number of hydrogen-bond acceptors (Lipinski definition) is 2. The highest BCUT2D eigenvalue weighted by Gasteiger charge is 2.21. The fraction of sp³-hybridized carbons (Fsp3) is 0.562. The molecule has 1 amide bonds. The van der Waals surface area contributed by atoms with Gasteiger partial charge in [0.15, 0.2) is 0 Å². The van der Waals surface area contributed by atoms with Gasteiger partial charge < -0.3 is 9.64 Å². The van der Waals surface area contributed by atoms with Gasteiger partial charge in [0.25, 0.3) is 0 Å². The Morgan fingerprint density at radius 1 is 1.11 bits per heavy atom. The van der Waals surface area contributed by atoms with Crippen molar-refractivity contribution in [2.24, 2.45) is 0 Å². The second-order valence-corrected chi connectivity index (χ2v) is 5.27. The number of carbonyl (C=O) groups is 1. The van der Waals surface area contributed by atoms with Crippen molar-refractivity contribution in [3.05, 3.63) is 35.4 Å². The van der Waals surface area contributed by atoms with E-state index in [4.69, 9.17) is 4.74 Å². The van der Waals surface area contributed by atoms with Crippen LogP contribution in [0.25, 0.3) is 0 Å². The van der Waals surface area contributed by atoms with E-state index in [-0.39, 0.29) is 18.2 Å². The highest BCUT2D eigenvalue weighted by molar-refractivity contribution is 5.68. The molecule has 1 aromatic rings. The van der Waals surface area contributed by atoms with Gasteiger partial charge >= 0.3 is 6.09 Å². The molecular weight excluding hydrogens is 238 g/mol. The summed E-state index contributed by atoms with van der Waals surface area (Å²) in [6.45, 7) is 10.5. The molecule has 3 nitrogen and oxygen atoms in total. The minimum atomic E-state index is -0.240. The van der Waals surface area contributed by atoms with Gasteiger partial charge in [-0.2, -0.15) is 0 Å². The van der Waals surface area contributed by atoms with Gasteiger partial charge in [0.05, 0.1) is 0 Å². The lowest BCUT2D eigenvalue weighted by Crippen LogP contribution is -2.42. The third kappa shape index (κ3) is 4.27. The van der Waals surface area contributed by atoms with Crippen LogP contribution in [0, 0.1) is 0 Å². The zero-order chi connectivity index (χ0) is 14.4. The maximum Gasteiger partial charge on any atom is 0.410 e. The van der Waals surface area contributed by atoms with Crippen molar-refractivity contribution < 1.29 is 9.53 Å². The van der Waals surface area contributed by atoms with Crippen LogP contribution in [0.5, 0.6) is 0 Å². The van der Waals surface area contributed by atoms with Crippen molar-refractivity contribution >= 4 is 6.09 Å². The monoisotopic (exact) mass is 263 g/mol. The quantitative estimate of drug-likeness (QED) is 0.803. The van der Waals surface area contributed by atoms with E-state index in [0.717, 1.165) is 12.0 Å². The smallest absolute Gasteiger partial charge is 0.410 e. The van der Waals surface area contributed by atoms with Crippen LogP contribution >= 0.6 is 0 Å². The highest BCUT2D eigenvalue weighted by atomic mass is 16.6. The van der Waals surface area contributed by atoms with Crippen LogP contribution in [0.4, 0.5) is 4.79 Å². The lowest BCUT2D eigenvalue weighted by molar-refractivity contribution is 0.0737. The van der Waals surface area contributed by atoms with E-state index in [1.807, 2.05) is 45.9 Å². The van der Waals surface area contributed by atoms with E-state index in [2.05, 4.69) is 13.0 Å². The molecule has 0 bridgehead atoms. The molecule has 3 heteroatoms. The van der Waals surface area contributed by atoms with Gasteiger partial charge in [0.1, 0.15) is 6.61 Å². The van der Waals surface area contributed by atoms with Gasteiger partial charge in [0, 0.05) is 12.1 Å². The first kappa shape index (κ1) is 15.5. The maximum absolute atomic E-state index is 12.1. The summed E-state index contributed by atoms with van der Waals surface area (Å²) in [5.41, 5.74) is 2.32. The van der Waals surface area contributed by atoms with Crippen LogP contribution in [-0.2, 0) is 17.8 Å². The average Bonchev–Trinajstić information content (AvgIpc) is 2.35. The molecule has 0 aromatic heterocycles. The van der Waals surface area contributed by atoms with E-state index in [0.29, 0.717) is 6.61 Å². The Labute approximate surface area is 116 Å². The van der Waals surface area contributed by atoms with Crippen molar-refractivity contribution in [3.8, 4) is 0 Å². The van der Waals surface area contributed by atoms with E-state index in [1.165, 1.54) is 5.56 Å². The number of rotatable bonds is 5. The van der Waals surface area contributed by atoms with Gasteiger partial charge in [-0.05, 0) is 45.2 Å². The fourth-order valence-corrected chi connectivity index (χ4v) is 2.28. The molecule has 0 fully saturated rings. The number of benzene rings is 1. The van der Waals surface area contributed by atoms with Crippen LogP contribution in [0.3, 0.4) is 0 Å². The Kier molecular flexibility index (Phi) is 5.87. The fourth-order valence-electron chi connectivity index (χ4n) is 2.28. The Hall–Kier alpha value is -1.51. The first-order valence-electron chi connectivity index (χ1n) is 6.99. The first-order valence-corrected chi connectivity index (χ1v) is 6.99. The van der Waals surface area contributed by atoms with Crippen molar-refractivity contribution in [3.63, 3.8) is 0 Å². The van der Waals surface area contributed by atoms with E-state index in [9.17, 15) is 4.79 Å². The van der Waals surface area contributed by atoms with Crippen LogP contribution < -0.4 is 0 Å². The van der Waals surface area contributed by atoms with E-state index < -0.39 is 0 Å². The zero-order valence-corrected chi connectivity index (χ0v) is 12.6. The molecule has 0 aliphatic carbocycles. The number of amides is 1. The predicted molar refractivity (Wildman–Crippen MR) is 78.1 cm³/mol. The maximum atomic E-state index is 12.1. The molecule has 1 rings (SSSR count). The molecule has 0 saturated carbocycles. The number of hydrogen-bond donors (Lipinski definition) is 0. The summed E-state index contributed by atoms with van der Waals surface area (Å²) in [5.74, 6) is 0. The summed E-state index contributed by atoms with van der Waals surface area (Å²) in [6, 6.07) is 8.37. The molecule has 0 aliphatic rings. The summed E-state index contributed by atoms with van der Waals surface area (Å²) in [7, 11) is 0. The molecule has 0 spiro atoms. The normalized spacial score (nSPS) is 10.9. The topological polar surface area (TPSA) is 29.5 Å². The molecule has 0 aliphatic heterocycles. The molecule has 106 valence electrons. The van der Waals surface area contributed by atoms with Crippen molar-refractivity contribution in [1.82, 2.24) is 4.90 Å². The average molecular weight is 263 g/mol. The Balaban J connectivity index is 2.68. The summed E-state index contributed by atoms with van der Waals surface area (Å²) in [4.78, 5) is 13.9. The second-order valence-electron chi connectivity index (χ2n) is 5.27. The molecule has 19 heavy (non-hydrogen) atoms. The van der Waals surface area contributed by atoms with Gasteiger partial charge in [-0.3, -0.25) is 0 Å². The number of nitrogens with zero attached hydrogens (tertiary/aromatic N) is 1. The standard InChI is InChI=1S/C16H25NO2/c1-6-14-9-7-8-10-15(14)11-19-16(18)17(12(2)3)13(4)5/h7-10,12-13H,6,11H2,1-5H3. The number of ether oxygens (including phenoxy) is 1. The molecule has 0 heterocycles. The summed E-state index contributed by atoms with van der Waals surface area (Å²) in [6.07, 6.45) is 0.710. The van der Waals surface area contributed by atoms with Crippen LogP contribution in [0.1, 0.15) is 45.7 Å². The first-order chi connectivity index (χ1) is 8.97. The van der Waals surface area contributed by atoms with Crippen molar-refractivity contribution in [2.75, 3.05) is 0 Å². The van der Waals surface area contributed by atoms with Crippen LogP contribution in [0.15, 0.2) is 24.3 Å². The lowest BCUT2D eigenvalue weighted by Gasteiger charge is -2.29. The molecule has 0 unspecified atom stereocenters. The van der Waals surface area contributed by atoms with Gasteiger partial charge in [0.2, 0.25) is 0 Å². The third-order valence-electron chi connectivity index (χ3n) is 3.17. The van der Waals surface area contributed by atoms with Gasteiger partial charge in [-0.25, -0.2) is 4.79 Å². The Bertz CT molecular complexity index is 405. The molecule has 0 radical (unpaired) electrons. The zero-order valence-electron chi connectivity index (χ0n) is 12.6. The molecule has 1 aromatic carbocycles. The Morgan fingerprint density at radius 2 is 1.63 bits per heavy atom. The number of aryl methyl sites for hydroxylation is 1. The minimum Gasteiger partial charge on any atom is -0.445 e. The summed E-state index contributed by atoms with van der Waals surface area (Å²) in [5, 5.41) is 0. The lowest BCUT2D eigenvalue weighted by atomic mass is 10.1. The highest BCUT2D eigenvalue weighted by Crippen LogP contribution is 2.13. The van der Waals surface area contributed by atoms with E-state index >= 15 is 0 Å². The second kappa shape index (κ2) is 7.17. The minimum absolute atomic E-state index is 0.147. The summed E-state index contributed by atoms with van der Waals surface area (Å²) >= 11 is 0. The number of carbonyl (C=O) groups excluding carboxylic acids is 1. The van der Waals surface area contributed by atoms with Crippen LogP contribution in [-0.4, -0.2) is 23.1 Å². The molecule has 0 saturated heterocycles. The largest absolute Gasteiger partial charge is 0.445 e. The van der Waals surface area contributed by atoms with Gasteiger partial charge in [-0.1, -0.05) is 31.2 Å². The third-order valence-corrected chi connectivity index (χ3v) is 3.17. The van der Waals surface area contributed by atoms with E-state index in [1.54, 1.807) is 4.90 Å². The predicted octanol–water partition coefficient (Wildman–Crippen LogP) is 4.00. The molecule has 0 N–H and O–H groups in total. The SMILES string of the molecule is CCc1ccccc1COC(=O)N(C(C)C)C(C)C. The summed E-state index contributed by atoms with van der Waals surface area (Å²) < 4.78 is 5.44. The van der Waals surface area contributed by atoms with Crippen LogP contribution in [0.2, 0.25) is 0 Å². The van der Waals surface area contributed by atoms with Crippen molar-refractivity contribution in [1.29, 1.82) is 0 Å².